The summed E-state index contributed by atoms with van der Waals surface area (Å²) in [6.07, 6.45) is 0. The van der Waals surface area contributed by atoms with Crippen LogP contribution in [0.3, 0.4) is 0 Å². The quantitative estimate of drug-likeness (QED) is 0.857. The van der Waals surface area contributed by atoms with Crippen molar-refractivity contribution in [2.75, 3.05) is 0 Å². The molecular formula is C15H21F2N. The summed E-state index contributed by atoms with van der Waals surface area (Å²) in [5.74, 6) is -0.961. The van der Waals surface area contributed by atoms with Crippen molar-refractivity contribution < 1.29 is 8.78 Å². The minimum Gasteiger partial charge on any atom is -0.306 e. The van der Waals surface area contributed by atoms with Gasteiger partial charge in [-0.05, 0) is 29.9 Å². The monoisotopic (exact) mass is 253 g/mol. The average Bonchev–Trinajstić information content (AvgIpc) is 2.60. The molecule has 3 heteroatoms. The van der Waals surface area contributed by atoms with Gasteiger partial charge in [-0.25, -0.2) is 8.78 Å². The fourth-order valence-electron chi connectivity index (χ4n) is 2.87. The Hall–Kier alpha value is -0.960. The summed E-state index contributed by atoms with van der Waals surface area (Å²) in [4.78, 5) is 0. The Morgan fingerprint density at radius 2 is 1.50 bits per heavy atom. The van der Waals surface area contributed by atoms with Gasteiger partial charge in [-0.2, -0.15) is 0 Å². The third-order valence-electron chi connectivity index (χ3n) is 4.87. The molecule has 0 saturated heterocycles. The zero-order valence-electron chi connectivity index (χ0n) is 11.6. The summed E-state index contributed by atoms with van der Waals surface area (Å²) >= 11 is 0. The van der Waals surface area contributed by atoms with Gasteiger partial charge in [-0.3, -0.25) is 0 Å². The number of nitrogens with one attached hydrogen (secondary N) is 1. The minimum absolute atomic E-state index is 0.135. The second-order valence-corrected chi connectivity index (χ2v) is 6.40. The smallest absolute Gasteiger partial charge is 0.130 e. The summed E-state index contributed by atoms with van der Waals surface area (Å²) in [6, 6.07) is 3.96. The second kappa shape index (κ2) is 4.02. The fourth-order valence-corrected chi connectivity index (χ4v) is 2.87. The van der Waals surface area contributed by atoms with Crippen LogP contribution in [-0.4, -0.2) is 6.04 Å². The van der Waals surface area contributed by atoms with Crippen molar-refractivity contribution in [2.45, 2.75) is 46.7 Å². The number of halogens is 2. The van der Waals surface area contributed by atoms with Gasteiger partial charge in [-0.1, -0.05) is 33.8 Å². The molecule has 1 unspecified atom stereocenters. The lowest BCUT2D eigenvalue weighted by Gasteiger charge is -2.17. The van der Waals surface area contributed by atoms with E-state index in [2.05, 4.69) is 33.0 Å². The Labute approximate surface area is 108 Å². The second-order valence-electron chi connectivity index (χ2n) is 6.40. The predicted molar refractivity (Wildman–Crippen MR) is 69.3 cm³/mol. The molecule has 0 amide bonds. The van der Waals surface area contributed by atoms with Crippen LogP contribution >= 0.6 is 0 Å². The summed E-state index contributed by atoms with van der Waals surface area (Å²) in [7, 11) is 0. The molecule has 0 spiro atoms. The Bertz CT molecular complexity index is 431. The van der Waals surface area contributed by atoms with Crippen molar-refractivity contribution >= 4 is 0 Å². The summed E-state index contributed by atoms with van der Waals surface area (Å²) in [6.45, 7) is 10.5. The number of rotatable bonds is 3. The molecular weight excluding hydrogens is 232 g/mol. The van der Waals surface area contributed by atoms with Crippen molar-refractivity contribution in [3.05, 3.63) is 35.4 Å². The maximum Gasteiger partial charge on any atom is 0.130 e. The molecule has 0 aliphatic heterocycles. The molecule has 1 saturated carbocycles. The molecule has 0 aromatic heterocycles. The van der Waals surface area contributed by atoms with Crippen LogP contribution in [0, 0.1) is 22.5 Å². The zero-order valence-corrected chi connectivity index (χ0v) is 11.6. The van der Waals surface area contributed by atoms with E-state index in [1.807, 2.05) is 6.92 Å². The molecule has 18 heavy (non-hydrogen) atoms. The van der Waals surface area contributed by atoms with E-state index < -0.39 is 11.6 Å². The van der Waals surface area contributed by atoms with Gasteiger partial charge in [0.15, 0.2) is 0 Å². The number of benzene rings is 1. The van der Waals surface area contributed by atoms with E-state index >= 15 is 0 Å². The number of hydrogen-bond donors (Lipinski definition) is 1. The predicted octanol–water partition coefficient (Wildman–Crippen LogP) is 4.05. The van der Waals surface area contributed by atoms with Gasteiger partial charge in [0.1, 0.15) is 11.6 Å². The van der Waals surface area contributed by atoms with E-state index in [9.17, 15) is 8.78 Å². The molecule has 0 heterocycles. The maximum atomic E-state index is 13.7. The molecule has 1 aromatic rings. The largest absolute Gasteiger partial charge is 0.306 e. The van der Waals surface area contributed by atoms with Crippen LogP contribution in [0.5, 0.6) is 0 Å². The summed E-state index contributed by atoms with van der Waals surface area (Å²) < 4.78 is 27.4. The SMILES string of the molecule is CC(NC1C(C)(C)C1(C)C)c1c(F)cccc1F. The molecule has 1 nitrogen and oxygen atoms in total. The Morgan fingerprint density at radius 3 is 1.89 bits per heavy atom. The summed E-state index contributed by atoms with van der Waals surface area (Å²) in [5, 5.41) is 3.35. The van der Waals surface area contributed by atoms with E-state index in [-0.39, 0.29) is 28.5 Å². The highest BCUT2D eigenvalue weighted by molar-refractivity contribution is 5.25. The van der Waals surface area contributed by atoms with E-state index in [1.165, 1.54) is 18.2 Å². The fraction of sp³-hybridized carbons (Fsp3) is 0.600. The van der Waals surface area contributed by atoms with Crippen LogP contribution in [0.1, 0.15) is 46.2 Å². The van der Waals surface area contributed by atoms with Gasteiger partial charge in [0, 0.05) is 17.6 Å². The van der Waals surface area contributed by atoms with Crippen LogP contribution in [0.25, 0.3) is 0 Å². The Morgan fingerprint density at radius 1 is 1.06 bits per heavy atom. The first-order valence-corrected chi connectivity index (χ1v) is 6.39. The van der Waals surface area contributed by atoms with Crippen molar-refractivity contribution in [2.24, 2.45) is 10.8 Å². The molecule has 1 atom stereocenters. The van der Waals surface area contributed by atoms with Crippen molar-refractivity contribution in [3.63, 3.8) is 0 Å². The Balaban J connectivity index is 2.17. The lowest BCUT2D eigenvalue weighted by atomic mass is 10.0. The highest BCUT2D eigenvalue weighted by Crippen LogP contribution is 2.63. The van der Waals surface area contributed by atoms with E-state index in [4.69, 9.17) is 0 Å². The molecule has 1 N–H and O–H groups in total. The third kappa shape index (κ3) is 1.85. The first-order chi connectivity index (χ1) is 8.19. The molecule has 1 fully saturated rings. The molecule has 100 valence electrons. The number of hydrogen-bond acceptors (Lipinski definition) is 1. The highest BCUT2D eigenvalue weighted by atomic mass is 19.1. The van der Waals surface area contributed by atoms with Gasteiger partial charge in [0.2, 0.25) is 0 Å². The van der Waals surface area contributed by atoms with E-state index in [0.717, 1.165) is 0 Å². The average molecular weight is 253 g/mol. The molecule has 1 aliphatic rings. The highest BCUT2D eigenvalue weighted by Gasteiger charge is 2.64. The van der Waals surface area contributed by atoms with Crippen LogP contribution in [-0.2, 0) is 0 Å². The van der Waals surface area contributed by atoms with Gasteiger partial charge in [-0.15, -0.1) is 0 Å². The minimum atomic E-state index is -0.480. The van der Waals surface area contributed by atoms with Crippen molar-refractivity contribution in [3.8, 4) is 0 Å². The zero-order chi connectivity index (χ0) is 13.7. The van der Waals surface area contributed by atoms with E-state index in [0.29, 0.717) is 0 Å². The van der Waals surface area contributed by atoms with Gasteiger partial charge >= 0.3 is 0 Å². The normalized spacial score (nSPS) is 22.8. The molecule has 2 rings (SSSR count). The molecule has 1 aromatic carbocycles. The lowest BCUT2D eigenvalue weighted by molar-refractivity contribution is 0.454. The summed E-state index contributed by atoms with van der Waals surface area (Å²) in [5.41, 5.74) is 0.447. The van der Waals surface area contributed by atoms with Crippen molar-refractivity contribution in [1.82, 2.24) is 5.32 Å². The standard InChI is InChI=1S/C15H21F2N/c1-9(12-10(16)7-6-8-11(12)17)18-13-14(2,3)15(13,4)5/h6-9,13,18H,1-5H3. The molecule has 0 radical (unpaired) electrons. The van der Waals surface area contributed by atoms with Gasteiger partial charge < -0.3 is 5.32 Å². The third-order valence-corrected chi connectivity index (χ3v) is 4.87. The Kier molecular flexibility index (Phi) is 3.01. The first-order valence-electron chi connectivity index (χ1n) is 6.39. The first kappa shape index (κ1) is 13.5. The maximum absolute atomic E-state index is 13.7. The van der Waals surface area contributed by atoms with Crippen LogP contribution in [0.2, 0.25) is 0 Å². The van der Waals surface area contributed by atoms with Crippen LogP contribution in [0.15, 0.2) is 18.2 Å². The van der Waals surface area contributed by atoms with Crippen molar-refractivity contribution in [1.29, 1.82) is 0 Å². The molecule has 1 aliphatic carbocycles. The molecule has 0 bridgehead atoms. The topological polar surface area (TPSA) is 12.0 Å². The van der Waals surface area contributed by atoms with Crippen LogP contribution in [0.4, 0.5) is 8.78 Å². The van der Waals surface area contributed by atoms with Gasteiger partial charge in [0.05, 0.1) is 0 Å². The lowest BCUT2D eigenvalue weighted by Crippen LogP contribution is -2.27. The van der Waals surface area contributed by atoms with E-state index in [1.54, 1.807) is 0 Å². The van der Waals surface area contributed by atoms with Crippen LogP contribution < -0.4 is 5.32 Å². The van der Waals surface area contributed by atoms with Gasteiger partial charge in [0.25, 0.3) is 0 Å².